The van der Waals surface area contributed by atoms with Gasteiger partial charge in [0.25, 0.3) is 5.91 Å². The van der Waals surface area contributed by atoms with Crippen LogP contribution in [0, 0.1) is 6.92 Å². The number of aromatic nitrogens is 2. The number of aryl methyl sites for hydroxylation is 1. The van der Waals surface area contributed by atoms with Crippen LogP contribution in [0.4, 0.5) is 13.2 Å². The molecule has 3 aromatic rings. The average Bonchev–Trinajstić information content (AvgIpc) is 3.11. The first-order valence-electron chi connectivity index (χ1n) is 6.73. The van der Waals surface area contributed by atoms with E-state index in [-0.39, 0.29) is 12.2 Å². The number of thiophene rings is 1. The zero-order valence-electron chi connectivity index (χ0n) is 12.0. The molecule has 0 radical (unpaired) electrons. The summed E-state index contributed by atoms with van der Waals surface area (Å²) in [5.74, 6) is -0.802. The number of carbonyl (C=O) groups is 1. The highest BCUT2D eigenvalue weighted by atomic mass is 32.1. The summed E-state index contributed by atoms with van der Waals surface area (Å²) in [6.07, 6.45) is -3.23. The number of imidazole rings is 1. The molecule has 0 atom stereocenters. The van der Waals surface area contributed by atoms with E-state index < -0.39 is 23.5 Å². The third kappa shape index (κ3) is 3.07. The predicted molar refractivity (Wildman–Crippen MR) is 80.4 cm³/mol. The summed E-state index contributed by atoms with van der Waals surface area (Å²) in [6.45, 7) is 1.91. The van der Waals surface area contributed by atoms with Gasteiger partial charge in [0, 0.05) is 11.1 Å². The van der Waals surface area contributed by atoms with Crippen LogP contribution in [0.1, 0.15) is 26.6 Å². The summed E-state index contributed by atoms with van der Waals surface area (Å²) < 4.78 is 40.8. The fraction of sp³-hybridized carbons (Fsp3) is 0.200. The molecule has 0 fully saturated rings. The molecular formula is C15H12F3N3OS. The standard InChI is InChI=1S/C15H12F3N3OS/c1-9-4-5-11-20-13(15(16,17)18)12(21(11)8-9)14(22)19-7-10-3-2-6-23-10/h2-6,8H,7H2,1H3,(H,19,22). The SMILES string of the molecule is Cc1ccc2nc(C(F)(F)F)c(C(=O)NCc3cccs3)n2c1. The smallest absolute Gasteiger partial charge is 0.346 e. The van der Waals surface area contributed by atoms with Gasteiger partial charge in [0.2, 0.25) is 0 Å². The molecule has 120 valence electrons. The van der Waals surface area contributed by atoms with Crippen molar-refractivity contribution < 1.29 is 18.0 Å². The van der Waals surface area contributed by atoms with Crippen LogP contribution in [0.25, 0.3) is 5.65 Å². The van der Waals surface area contributed by atoms with Crippen molar-refractivity contribution in [1.29, 1.82) is 0 Å². The number of nitrogens with zero attached hydrogens (tertiary/aromatic N) is 2. The second kappa shape index (κ2) is 5.69. The summed E-state index contributed by atoms with van der Waals surface area (Å²) in [5.41, 5.74) is -0.848. The first-order chi connectivity index (χ1) is 10.9. The molecule has 4 nitrogen and oxygen atoms in total. The molecular weight excluding hydrogens is 327 g/mol. The van der Waals surface area contributed by atoms with Crippen LogP contribution in [0.5, 0.6) is 0 Å². The summed E-state index contributed by atoms with van der Waals surface area (Å²) in [7, 11) is 0. The summed E-state index contributed by atoms with van der Waals surface area (Å²) in [5, 5.41) is 4.36. The van der Waals surface area contributed by atoms with Crippen LogP contribution in [-0.2, 0) is 12.7 Å². The molecule has 1 amide bonds. The van der Waals surface area contributed by atoms with E-state index in [0.717, 1.165) is 10.4 Å². The van der Waals surface area contributed by atoms with Gasteiger partial charge < -0.3 is 5.32 Å². The van der Waals surface area contributed by atoms with Gasteiger partial charge in [0.1, 0.15) is 11.3 Å². The van der Waals surface area contributed by atoms with E-state index in [0.29, 0.717) is 0 Å². The molecule has 0 aliphatic carbocycles. The molecule has 3 heterocycles. The minimum absolute atomic E-state index is 0.0872. The van der Waals surface area contributed by atoms with E-state index in [1.165, 1.54) is 28.0 Å². The topological polar surface area (TPSA) is 46.4 Å². The van der Waals surface area contributed by atoms with E-state index in [1.807, 2.05) is 11.4 Å². The van der Waals surface area contributed by atoms with Crippen molar-refractivity contribution in [3.8, 4) is 0 Å². The molecule has 1 N–H and O–H groups in total. The van der Waals surface area contributed by atoms with Crippen molar-refractivity contribution in [3.05, 3.63) is 57.7 Å². The molecule has 0 aliphatic heterocycles. The van der Waals surface area contributed by atoms with Crippen molar-refractivity contribution in [2.24, 2.45) is 0 Å². The summed E-state index contributed by atoms with van der Waals surface area (Å²) in [4.78, 5) is 16.8. The Hall–Kier alpha value is -2.35. The van der Waals surface area contributed by atoms with Gasteiger partial charge >= 0.3 is 6.18 Å². The molecule has 23 heavy (non-hydrogen) atoms. The highest BCUT2D eigenvalue weighted by molar-refractivity contribution is 7.09. The van der Waals surface area contributed by atoms with Gasteiger partial charge in [-0.1, -0.05) is 12.1 Å². The number of carbonyl (C=O) groups excluding carboxylic acids is 1. The van der Waals surface area contributed by atoms with Gasteiger partial charge in [-0.3, -0.25) is 9.20 Å². The second-order valence-electron chi connectivity index (χ2n) is 5.00. The number of alkyl halides is 3. The molecule has 3 aromatic heterocycles. The third-order valence-corrected chi connectivity index (χ3v) is 4.13. The van der Waals surface area contributed by atoms with Gasteiger partial charge in [0.15, 0.2) is 5.69 Å². The molecule has 0 aromatic carbocycles. The number of hydrogen-bond acceptors (Lipinski definition) is 3. The van der Waals surface area contributed by atoms with E-state index in [4.69, 9.17) is 0 Å². The lowest BCUT2D eigenvalue weighted by atomic mass is 10.2. The van der Waals surface area contributed by atoms with Gasteiger partial charge in [0.05, 0.1) is 6.54 Å². The van der Waals surface area contributed by atoms with Crippen molar-refractivity contribution in [2.75, 3.05) is 0 Å². The highest BCUT2D eigenvalue weighted by Gasteiger charge is 2.40. The average molecular weight is 339 g/mol. The minimum atomic E-state index is -4.70. The fourth-order valence-electron chi connectivity index (χ4n) is 2.23. The van der Waals surface area contributed by atoms with Gasteiger partial charge in [-0.15, -0.1) is 11.3 Å². The van der Waals surface area contributed by atoms with Crippen LogP contribution < -0.4 is 5.32 Å². The molecule has 3 rings (SSSR count). The Kier molecular flexibility index (Phi) is 3.85. The predicted octanol–water partition coefficient (Wildman–Crippen LogP) is 3.65. The number of rotatable bonds is 3. The van der Waals surface area contributed by atoms with Crippen molar-refractivity contribution in [3.63, 3.8) is 0 Å². The van der Waals surface area contributed by atoms with E-state index in [1.54, 1.807) is 19.1 Å². The second-order valence-corrected chi connectivity index (χ2v) is 6.04. The van der Waals surface area contributed by atoms with E-state index >= 15 is 0 Å². The Bertz CT molecular complexity index is 853. The third-order valence-electron chi connectivity index (χ3n) is 3.25. The Balaban J connectivity index is 2.02. The largest absolute Gasteiger partial charge is 0.435 e. The van der Waals surface area contributed by atoms with Crippen molar-refractivity contribution in [2.45, 2.75) is 19.6 Å². The quantitative estimate of drug-likeness (QED) is 0.792. The van der Waals surface area contributed by atoms with Crippen LogP contribution in [0.3, 0.4) is 0 Å². The molecule has 0 aliphatic rings. The summed E-state index contributed by atoms with van der Waals surface area (Å²) >= 11 is 1.42. The van der Waals surface area contributed by atoms with Crippen LogP contribution >= 0.6 is 11.3 Å². The maximum Gasteiger partial charge on any atom is 0.435 e. The number of halogens is 3. The number of amides is 1. The molecule has 0 spiro atoms. The zero-order valence-corrected chi connectivity index (χ0v) is 12.8. The van der Waals surface area contributed by atoms with Crippen LogP contribution in [-0.4, -0.2) is 15.3 Å². The Morgan fingerprint density at radius 1 is 1.35 bits per heavy atom. The van der Waals surface area contributed by atoms with Gasteiger partial charge in [-0.2, -0.15) is 13.2 Å². The molecule has 0 saturated carbocycles. The van der Waals surface area contributed by atoms with E-state index in [2.05, 4.69) is 10.3 Å². The first kappa shape index (κ1) is 15.5. The van der Waals surface area contributed by atoms with E-state index in [9.17, 15) is 18.0 Å². The molecule has 0 saturated heterocycles. The van der Waals surface area contributed by atoms with Crippen LogP contribution in [0.15, 0.2) is 35.8 Å². The molecule has 8 heteroatoms. The zero-order chi connectivity index (χ0) is 16.6. The maximum atomic E-state index is 13.2. The Morgan fingerprint density at radius 2 is 2.13 bits per heavy atom. The lowest BCUT2D eigenvalue weighted by molar-refractivity contribution is -0.141. The number of pyridine rings is 1. The lowest BCUT2D eigenvalue weighted by Crippen LogP contribution is -2.26. The Morgan fingerprint density at radius 3 is 2.78 bits per heavy atom. The number of nitrogens with one attached hydrogen (secondary N) is 1. The van der Waals surface area contributed by atoms with Crippen molar-refractivity contribution >= 4 is 22.9 Å². The number of hydrogen-bond donors (Lipinski definition) is 1. The van der Waals surface area contributed by atoms with Crippen LogP contribution in [0.2, 0.25) is 0 Å². The first-order valence-corrected chi connectivity index (χ1v) is 7.60. The number of fused-ring (bicyclic) bond motifs is 1. The van der Waals surface area contributed by atoms with Crippen molar-refractivity contribution in [1.82, 2.24) is 14.7 Å². The maximum absolute atomic E-state index is 13.2. The monoisotopic (exact) mass is 339 g/mol. The fourth-order valence-corrected chi connectivity index (χ4v) is 2.87. The molecule has 0 bridgehead atoms. The normalized spacial score (nSPS) is 11.8. The minimum Gasteiger partial charge on any atom is -0.346 e. The van der Waals surface area contributed by atoms with Gasteiger partial charge in [-0.25, -0.2) is 4.98 Å². The van der Waals surface area contributed by atoms with Gasteiger partial charge in [-0.05, 0) is 30.0 Å². The highest BCUT2D eigenvalue weighted by Crippen LogP contribution is 2.32. The lowest BCUT2D eigenvalue weighted by Gasteiger charge is -2.08. The Labute approximate surface area is 133 Å². The summed E-state index contributed by atoms with van der Waals surface area (Å²) in [6, 6.07) is 6.72. The molecule has 0 unspecified atom stereocenters.